The predicted molar refractivity (Wildman–Crippen MR) is 42.5 cm³/mol. The summed E-state index contributed by atoms with van der Waals surface area (Å²) in [5.41, 5.74) is 2.05. The molecule has 3 nitrogen and oxygen atoms in total. The minimum Gasteiger partial charge on any atom is -0.264 e. The van der Waals surface area contributed by atoms with Crippen molar-refractivity contribution < 1.29 is 0 Å². The van der Waals surface area contributed by atoms with Crippen LogP contribution in [-0.4, -0.2) is 16.2 Å². The Morgan fingerprint density at radius 3 is 3.36 bits per heavy atom. The highest BCUT2D eigenvalue weighted by Crippen LogP contribution is 2.05. The summed E-state index contributed by atoms with van der Waals surface area (Å²) in [6, 6.07) is 0. The molecule has 0 bridgehead atoms. The zero-order chi connectivity index (χ0) is 7.52. The molecule has 0 saturated carbocycles. The van der Waals surface area contributed by atoms with Gasteiger partial charge in [-0.05, 0) is 0 Å². The van der Waals surface area contributed by atoms with Gasteiger partial charge in [0.15, 0.2) is 0 Å². The molecule has 1 aromatic heterocycles. The van der Waals surface area contributed by atoms with Crippen LogP contribution in [0.25, 0.3) is 0 Å². The number of hydrogen-bond acceptors (Lipinski definition) is 3. The van der Waals surface area contributed by atoms with Gasteiger partial charge in [-0.2, -0.15) is 0 Å². The lowest BCUT2D eigenvalue weighted by Gasteiger charge is -1.96. The molecule has 1 aliphatic rings. The second kappa shape index (κ2) is 2.62. The highest BCUT2D eigenvalue weighted by molar-refractivity contribution is 5.81. The quantitative estimate of drug-likeness (QED) is 0.545. The van der Waals surface area contributed by atoms with Crippen molar-refractivity contribution in [3.63, 3.8) is 0 Å². The van der Waals surface area contributed by atoms with Crippen molar-refractivity contribution >= 4 is 6.21 Å². The van der Waals surface area contributed by atoms with E-state index in [1.54, 1.807) is 24.9 Å². The number of aliphatic imine (C=N–C) groups is 1. The molecule has 54 valence electrons. The van der Waals surface area contributed by atoms with E-state index in [2.05, 4.69) is 15.0 Å². The maximum atomic E-state index is 4.13. The van der Waals surface area contributed by atoms with Crippen LogP contribution in [0.15, 0.2) is 29.8 Å². The molecule has 0 spiro atoms. The summed E-state index contributed by atoms with van der Waals surface area (Å²) in [6.45, 7) is 0. The van der Waals surface area contributed by atoms with Crippen LogP contribution in [-0.2, 0) is 6.42 Å². The van der Waals surface area contributed by atoms with Crippen LogP contribution in [0.5, 0.6) is 0 Å². The van der Waals surface area contributed by atoms with Crippen molar-refractivity contribution in [3.8, 4) is 0 Å². The number of allylic oxidation sites excluding steroid dienone is 1. The van der Waals surface area contributed by atoms with E-state index >= 15 is 0 Å². The van der Waals surface area contributed by atoms with Gasteiger partial charge in [0, 0.05) is 30.6 Å². The van der Waals surface area contributed by atoms with Gasteiger partial charge in [0.05, 0.1) is 5.69 Å². The third-order valence-electron chi connectivity index (χ3n) is 1.54. The first kappa shape index (κ1) is 6.22. The van der Waals surface area contributed by atoms with Gasteiger partial charge in [-0.3, -0.25) is 4.99 Å². The first-order valence-corrected chi connectivity index (χ1v) is 3.44. The van der Waals surface area contributed by atoms with E-state index < -0.39 is 0 Å². The minimum absolute atomic E-state index is 0.845. The maximum absolute atomic E-state index is 4.13. The summed E-state index contributed by atoms with van der Waals surface area (Å²) in [6.07, 6.45) is 9.72. The molecular formula is C8H7N3. The van der Waals surface area contributed by atoms with Gasteiger partial charge in [0.2, 0.25) is 0 Å². The molecule has 0 fully saturated rings. The van der Waals surface area contributed by atoms with Crippen molar-refractivity contribution in [2.24, 2.45) is 4.99 Å². The highest BCUT2D eigenvalue weighted by Gasteiger charge is 2.00. The second-order valence-corrected chi connectivity index (χ2v) is 2.29. The fraction of sp³-hybridized carbons (Fsp3) is 0.125. The van der Waals surface area contributed by atoms with Gasteiger partial charge >= 0.3 is 0 Å². The van der Waals surface area contributed by atoms with Crippen LogP contribution >= 0.6 is 0 Å². The van der Waals surface area contributed by atoms with Gasteiger partial charge in [-0.15, -0.1) is 0 Å². The molecule has 0 aliphatic carbocycles. The van der Waals surface area contributed by atoms with Gasteiger partial charge in [-0.1, -0.05) is 6.08 Å². The van der Waals surface area contributed by atoms with Crippen molar-refractivity contribution in [2.75, 3.05) is 0 Å². The molecule has 0 N–H and O–H groups in total. The Bertz CT molecular complexity index is 315. The third-order valence-corrected chi connectivity index (χ3v) is 1.54. The molecular weight excluding hydrogens is 138 g/mol. The normalized spacial score (nSPS) is 14.2. The van der Waals surface area contributed by atoms with Crippen LogP contribution in [0, 0.1) is 0 Å². The predicted octanol–water partition coefficient (Wildman–Crippen LogP) is 0.965. The van der Waals surface area contributed by atoms with Gasteiger partial charge < -0.3 is 0 Å². The fourth-order valence-electron chi connectivity index (χ4n) is 0.993. The number of rotatable bonds is 0. The average Bonchev–Trinajstić information content (AvgIpc) is 2.28. The SMILES string of the molecule is C1=CN=Cc2cncnc2C1. The Morgan fingerprint density at radius 2 is 2.36 bits per heavy atom. The van der Waals surface area contributed by atoms with Gasteiger partial charge in [0.1, 0.15) is 6.33 Å². The maximum Gasteiger partial charge on any atom is 0.115 e. The van der Waals surface area contributed by atoms with E-state index in [0.717, 1.165) is 17.7 Å². The summed E-state index contributed by atoms with van der Waals surface area (Å²) in [5, 5.41) is 0. The first-order chi connectivity index (χ1) is 5.47. The lowest BCUT2D eigenvalue weighted by Crippen LogP contribution is -1.94. The molecule has 2 rings (SSSR count). The summed E-state index contributed by atoms with van der Waals surface area (Å²) >= 11 is 0. The van der Waals surface area contributed by atoms with Crippen LogP contribution < -0.4 is 0 Å². The molecule has 0 aromatic carbocycles. The Hall–Kier alpha value is -1.51. The zero-order valence-corrected chi connectivity index (χ0v) is 5.94. The molecule has 3 heteroatoms. The van der Waals surface area contributed by atoms with E-state index in [1.165, 1.54) is 0 Å². The van der Waals surface area contributed by atoms with Crippen LogP contribution in [0.2, 0.25) is 0 Å². The molecule has 1 aromatic rings. The topological polar surface area (TPSA) is 38.1 Å². The van der Waals surface area contributed by atoms with E-state index in [4.69, 9.17) is 0 Å². The van der Waals surface area contributed by atoms with E-state index in [1.807, 2.05) is 6.08 Å². The molecule has 2 heterocycles. The summed E-state index contributed by atoms with van der Waals surface area (Å²) in [4.78, 5) is 12.1. The standard InChI is InChI=1S/C8H7N3/c1-2-8-7(4-9-3-1)5-10-6-11-8/h1,3-6H,2H2. The lowest BCUT2D eigenvalue weighted by atomic mass is 10.2. The molecule has 0 atom stereocenters. The Kier molecular flexibility index (Phi) is 1.48. The fourth-order valence-corrected chi connectivity index (χ4v) is 0.993. The summed E-state index contributed by atoms with van der Waals surface area (Å²) < 4.78 is 0. The van der Waals surface area contributed by atoms with Crippen molar-refractivity contribution in [1.29, 1.82) is 0 Å². The van der Waals surface area contributed by atoms with Gasteiger partial charge in [-0.25, -0.2) is 9.97 Å². The molecule has 0 unspecified atom stereocenters. The highest BCUT2D eigenvalue weighted by atomic mass is 14.8. The van der Waals surface area contributed by atoms with Crippen LogP contribution in [0.1, 0.15) is 11.3 Å². The summed E-state index contributed by atoms with van der Waals surface area (Å²) in [5.74, 6) is 0. The number of hydrogen-bond donors (Lipinski definition) is 0. The number of nitrogens with zero attached hydrogens (tertiary/aromatic N) is 3. The number of fused-ring (bicyclic) bond motifs is 1. The minimum atomic E-state index is 0.845. The first-order valence-electron chi connectivity index (χ1n) is 3.44. The smallest absolute Gasteiger partial charge is 0.115 e. The molecule has 11 heavy (non-hydrogen) atoms. The van der Waals surface area contributed by atoms with Crippen LogP contribution in [0.4, 0.5) is 0 Å². The van der Waals surface area contributed by atoms with Crippen molar-refractivity contribution in [2.45, 2.75) is 6.42 Å². The Balaban J connectivity index is 2.52. The van der Waals surface area contributed by atoms with E-state index in [9.17, 15) is 0 Å². The molecule has 0 saturated heterocycles. The van der Waals surface area contributed by atoms with Crippen LogP contribution in [0.3, 0.4) is 0 Å². The largest absolute Gasteiger partial charge is 0.264 e. The average molecular weight is 145 g/mol. The molecule has 0 amide bonds. The Labute approximate surface area is 64.5 Å². The molecule has 0 radical (unpaired) electrons. The van der Waals surface area contributed by atoms with Crippen molar-refractivity contribution in [1.82, 2.24) is 9.97 Å². The monoisotopic (exact) mass is 145 g/mol. The van der Waals surface area contributed by atoms with Crippen molar-refractivity contribution in [3.05, 3.63) is 36.1 Å². The van der Waals surface area contributed by atoms with E-state index in [0.29, 0.717) is 0 Å². The van der Waals surface area contributed by atoms with Gasteiger partial charge in [0.25, 0.3) is 0 Å². The van der Waals surface area contributed by atoms with E-state index in [-0.39, 0.29) is 0 Å². The number of aromatic nitrogens is 2. The summed E-state index contributed by atoms with van der Waals surface area (Å²) in [7, 11) is 0. The Morgan fingerprint density at radius 1 is 1.36 bits per heavy atom. The second-order valence-electron chi connectivity index (χ2n) is 2.29. The lowest BCUT2D eigenvalue weighted by molar-refractivity contribution is 1.05. The zero-order valence-electron chi connectivity index (χ0n) is 5.94. The molecule has 1 aliphatic heterocycles. The third kappa shape index (κ3) is 1.17.